The molecule has 2 aromatic carbocycles. The molecule has 0 aliphatic carbocycles. The van der Waals surface area contributed by atoms with Gasteiger partial charge in [0.1, 0.15) is 12.3 Å². The molecule has 0 atom stereocenters. The highest BCUT2D eigenvalue weighted by Crippen LogP contribution is 2.34. The Balaban J connectivity index is 1.52. The molecule has 0 bridgehead atoms. The number of amides is 2. The number of nitrogens with zero attached hydrogens (tertiary/aromatic N) is 2. The Kier molecular flexibility index (Phi) is 6.30. The highest BCUT2D eigenvalue weighted by molar-refractivity contribution is 6.00. The molecule has 0 saturated heterocycles. The summed E-state index contributed by atoms with van der Waals surface area (Å²) in [5.74, 6) is 1.90. The Morgan fingerprint density at radius 1 is 1.03 bits per heavy atom. The Hall–Kier alpha value is -3.22. The van der Waals surface area contributed by atoms with Crippen LogP contribution in [0.2, 0.25) is 0 Å². The molecule has 0 N–H and O–H groups in total. The largest absolute Gasteiger partial charge is 0.491 e. The number of carbonyl (C=O) groups excluding carboxylic acids is 2. The first-order valence-electron chi connectivity index (χ1n) is 10.8. The second-order valence-electron chi connectivity index (χ2n) is 7.55. The van der Waals surface area contributed by atoms with Crippen molar-refractivity contribution in [1.29, 1.82) is 0 Å². The van der Waals surface area contributed by atoms with Gasteiger partial charge in [-0.2, -0.15) is 0 Å². The predicted octanol–water partition coefficient (Wildman–Crippen LogP) is 3.18. The van der Waals surface area contributed by atoms with Crippen molar-refractivity contribution >= 4 is 17.5 Å². The number of hydrogen-bond donors (Lipinski definition) is 0. The summed E-state index contributed by atoms with van der Waals surface area (Å²) < 4.78 is 17.1. The second-order valence-corrected chi connectivity index (χ2v) is 7.55. The third-order valence-electron chi connectivity index (χ3n) is 5.55. The highest BCUT2D eigenvalue weighted by Gasteiger charge is 2.29. The van der Waals surface area contributed by atoms with Crippen molar-refractivity contribution in [2.45, 2.75) is 33.2 Å². The van der Waals surface area contributed by atoms with Crippen LogP contribution in [0.25, 0.3) is 0 Å². The van der Waals surface area contributed by atoms with Crippen molar-refractivity contribution in [2.75, 3.05) is 37.8 Å². The van der Waals surface area contributed by atoms with E-state index in [-0.39, 0.29) is 24.8 Å². The molecule has 0 spiro atoms. The molecule has 2 heterocycles. The third kappa shape index (κ3) is 4.45. The first kappa shape index (κ1) is 21.0. The van der Waals surface area contributed by atoms with Gasteiger partial charge in [-0.05, 0) is 55.7 Å². The standard InChI is InChI=1S/C24H28N2O5/c1-3-29-21-13-17-9-11-25(15-18(17)14-22(21)30-4-2)24(28)16-26-19-7-5-6-8-20(19)31-12-10-23(26)27/h5-8,13-14H,3-4,9-12,15-16H2,1-2H3. The average Bonchev–Trinajstić information content (AvgIpc) is 2.93. The van der Waals surface area contributed by atoms with E-state index in [1.165, 1.54) is 5.56 Å². The summed E-state index contributed by atoms with van der Waals surface area (Å²) in [5, 5.41) is 0. The Bertz CT molecular complexity index is 974. The van der Waals surface area contributed by atoms with Crippen molar-refractivity contribution in [3.05, 3.63) is 47.5 Å². The van der Waals surface area contributed by atoms with E-state index in [4.69, 9.17) is 14.2 Å². The van der Waals surface area contributed by atoms with Gasteiger partial charge in [0.15, 0.2) is 11.5 Å². The fourth-order valence-electron chi connectivity index (χ4n) is 4.04. The van der Waals surface area contributed by atoms with E-state index in [1.54, 1.807) is 9.80 Å². The number of ether oxygens (including phenoxy) is 3. The van der Waals surface area contributed by atoms with E-state index in [2.05, 4.69) is 0 Å². The maximum absolute atomic E-state index is 13.2. The SMILES string of the molecule is CCOc1cc2c(cc1OCC)CN(C(=O)CN1C(=O)CCOc3ccccc31)CC2. The summed E-state index contributed by atoms with van der Waals surface area (Å²) in [5.41, 5.74) is 2.87. The minimum Gasteiger partial charge on any atom is -0.491 e. The summed E-state index contributed by atoms with van der Waals surface area (Å²) >= 11 is 0. The number of benzene rings is 2. The van der Waals surface area contributed by atoms with Crippen LogP contribution in [0.5, 0.6) is 17.2 Å². The van der Waals surface area contributed by atoms with E-state index in [0.717, 1.165) is 17.7 Å². The monoisotopic (exact) mass is 424 g/mol. The number of carbonyl (C=O) groups is 2. The number of fused-ring (bicyclic) bond motifs is 2. The lowest BCUT2D eigenvalue weighted by Gasteiger charge is -2.32. The zero-order valence-corrected chi connectivity index (χ0v) is 18.1. The quantitative estimate of drug-likeness (QED) is 0.713. The molecule has 2 aromatic rings. The Morgan fingerprint density at radius 3 is 2.48 bits per heavy atom. The predicted molar refractivity (Wildman–Crippen MR) is 117 cm³/mol. The minimum atomic E-state index is -0.101. The van der Waals surface area contributed by atoms with E-state index in [0.29, 0.717) is 50.1 Å². The first-order valence-corrected chi connectivity index (χ1v) is 10.8. The summed E-state index contributed by atoms with van der Waals surface area (Å²) in [7, 11) is 0. The van der Waals surface area contributed by atoms with Gasteiger partial charge in [-0.1, -0.05) is 12.1 Å². The fraction of sp³-hybridized carbons (Fsp3) is 0.417. The molecule has 164 valence electrons. The van der Waals surface area contributed by atoms with Crippen LogP contribution < -0.4 is 19.1 Å². The zero-order valence-electron chi connectivity index (χ0n) is 18.1. The van der Waals surface area contributed by atoms with E-state index < -0.39 is 0 Å². The summed E-state index contributed by atoms with van der Waals surface area (Å²) in [6.07, 6.45) is 0.990. The van der Waals surface area contributed by atoms with Crippen LogP contribution in [-0.4, -0.2) is 49.6 Å². The topological polar surface area (TPSA) is 68.3 Å². The van der Waals surface area contributed by atoms with Gasteiger partial charge in [0.2, 0.25) is 11.8 Å². The maximum atomic E-state index is 13.2. The number of rotatable bonds is 6. The van der Waals surface area contributed by atoms with Gasteiger partial charge >= 0.3 is 0 Å². The lowest BCUT2D eigenvalue weighted by atomic mass is 9.98. The molecule has 0 aromatic heterocycles. The van der Waals surface area contributed by atoms with Crippen LogP contribution in [0.15, 0.2) is 36.4 Å². The number of anilines is 1. The van der Waals surface area contributed by atoms with E-state index in [9.17, 15) is 9.59 Å². The highest BCUT2D eigenvalue weighted by atomic mass is 16.5. The zero-order chi connectivity index (χ0) is 21.8. The minimum absolute atomic E-state index is 0.00386. The molecule has 7 nitrogen and oxygen atoms in total. The summed E-state index contributed by atoms with van der Waals surface area (Å²) in [6.45, 7) is 6.41. The average molecular weight is 424 g/mol. The van der Waals surface area contributed by atoms with Gasteiger partial charge in [-0.3, -0.25) is 14.5 Å². The maximum Gasteiger partial charge on any atom is 0.242 e. The summed E-state index contributed by atoms with van der Waals surface area (Å²) in [6, 6.07) is 11.4. The molecule has 2 aliphatic heterocycles. The lowest BCUT2D eigenvalue weighted by Crippen LogP contribution is -2.44. The molecular weight excluding hydrogens is 396 g/mol. The first-order chi connectivity index (χ1) is 15.1. The van der Waals surface area contributed by atoms with E-state index >= 15 is 0 Å². The Labute approximate surface area is 182 Å². The molecule has 0 saturated carbocycles. The van der Waals surface area contributed by atoms with Crippen molar-refractivity contribution in [2.24, 2.45) is 0 Å². The smallest absolute Gasteiger partial charge is 0.242 e. The van der Waals surface area contributed by atoms with Crippen molar-refractivity contribution in [3.8, 4) is 17.2 Å². The van der Waals surface area contributed by atoms with Crippen LogP contribution in [0.4, 0.5) is 5.69 Å². The van der Waals surface area contributed by atoms with Gasteiger partial charge in [-0.15, -0.1) is 0 Å². The second kappa shape index (κ2) is 9.29. The van der Waals surface area contributed by atoms with Crippen LogP contribution in [-0.2, 0) is 22.6 Å². The van der Waals surface area contributed by atoms with Crippen LogP contribution in [0, 0.1) is 0 Å². The van der Waals surface area contributed by atoms with Gasteiger partial charge in [0, 0.05) is 13.1 Å². The van der Waals surface area contributed by atoms with Crippen molar-refractivity contribution in [1.82, 2.24) is 4.90 Å². The van der Waals surface area contributed by atoms with Gasteiger partial charge < -0.3 is 19.1 Å². The van der Waals surface area contributed by atoms with Gasteiger partial charge in [0.25, 0.3) is 0 Å². The molecule has 7 heteroatoms. The normalized spacial score (nSPS) is 15.5. The fourth-order valence-corrected chi connectivity index (χ4v) is 4.04. The molecule has 0 radical (unpaired) electrons. The van der Waals surface area contributed by atoms with Crippen LogP contribution in [0.3, 0.4) is 0 Å². The number of hydrogen-bond acceptors (Lipinski definition) is 5. The molecule has 0 fully saturated rings. The Morgan fingerprint density at radius 2 is 1.74 bits per heavy atom. The van der Waals surface area contributed by atoms with Gasteiger partial charge in [-0.25, -0.2) is 0 Å². The van der Waals surface area contributed by atoms with Gasteiger partial charge in [0.05, 0.1) is 31.9 Å². The van der Waals surface area contributed by atoms with Crippen LogP contribution in [0.1, 0.15) is 31.4 Å². The van der Waals surface area contributed by atoms with E-state index in [1.807, 2.05) is 50.2 Å². The lowest BCUT2D eigenvalue weighted by molar-refractivity contribution is -0.132. The molecule has 2 amide bonds. The van der Waals surface area contributed by atoms with Crippen molar-refractivity contribution in [3.63, 3.8) is 0 Å². The van der Waals surface area contributed by atoms with Crippen molar-refractivity contribution < 1.29 is 23.8 Å². The molecule has 2 aliphatic rings. The molecule has 4 rings (SSSR count). The molecule has 0 unspecified atom stereocenters. The van der Waals surface area contributed by atoms with Crippen LogP contribution >= 0.6 is 0 Å². The molecule has 31 heavy (non-hydrogen) atoms. The third-order valence-corrected chi connectivity index (χ3v) is 5.55. The molecular formula is C24H28N2O5. The number of para-hydroxylation sites is 2. The summed E-state index contributed by atoms with van der Waals surface area (Å²) in [4.78, 5) is 29.2.